The third-order valence-corrected chi connectivity index (χ3v) is 10.3. The molecule has 0 aromatic heterocycles. The van der Waals surface area contributed by atoms with Crippen LogP contribution in [0.2, 0.25) is 0 Å². The lowest BCUT2D eigenvalue weighted by Crippen LogP contribution is -2.51. The number of nitrogens with zero attached hydrogens (tertiary/aromatic N) is 2. The molecular weight excluding hydrogens is 404 g/mol. The molecular formula is C26H44N2O2S. The number of ether oxygens (including phenoxy) is 2. The van der Waals surface area contributed by atoms with Gasteiger partial charge in [-0.05, 0) is 38.5 Å². The van der Waals surface area contributed by atoms with E-state index >= 15 is 0 Å². The van der Waals surface area contributed by atoms with Gasteiger partial charge in [0.2, 0.25) is 0 Å². The van der Waals surface area contributed by atoms with Gasteiger partial charge in [0.25, 0.3) is 0 Å². The van der Waals surface area contributed by atoms with Crippen molar-refractivity contribution in [1.29, 1.82) is 0 Å². The molecule has 2 saturated carbocycles. The van der Waals surface area contributed by atoms with Gasteiger partial charge in [0.15, 0.2) is 11.8 Å². The highest BCUT2D eigenvalue weighted by atomic mass is 32.2. The van der Waals surface area contributed by atoms with Crippen molar-refractivity contribution >= 4 is 23.6 Å². The predicted molar refractivity (Wildman–Crippen MR) is 133 cm³/mol. The summed E-state index contributed by atoms with van der Waals surface area (Å²) in [6, 6.07) is 0. The summed E-state index contributed by atoms with van der Waals surface area (Å²) in [5.41, 5.74) is 0. The molecule has 0 saturated heterocycles. The Morgan fingerprint density at radius 1 is 0.774 bits per heavy atom. The Hall–Kier alpha value is -0.710. The van der Waals surface area contributed by atoms with Crippen LogP contribution in [-0.4, -0.2) is 47.6 Å². The van der Waals surface area contributed by atoms with E-state index in [1.165, 1.54) is 89.9 Å². The Bertz CT molecular complexity index is 597. The van der Waals surface area contributed by atoms with Crippen molar-refractivity contribution in [2.75, 3.05) is 26.3 Å². The first-order valence-electron chi connectivity index (χ1n) is 13.3. The lowest BCUT2D eigenvalue weighted by Gasteiger charge is -2.53. The van der Waals surface area contributed by atoms with Crippen LogP contribution in [0.4, 0.5) is 0 Å². The fourth-order valence-corrected chi connectivity index (χ4v) is 9.06. The third-order valence-electron chi connectivity index (χ3n) is 8.08. The van der Waals surface area contributed by atoms with E-state index in [1.54, 1.807) is 0 Å². The largest absolute Gasteiger partial charge is 0.479 e. The second-order valence-electron chi connectivity index (χ2n) is 10.2. The smallest absolute Gasteiger partial charge is 0.187 e. The number of rotatable bonds is 10. The molecule has 176 valence electrons. The minimum absolute atomic E-state index is 0.264. The van der Waals surface area contributed by atoms with Crippen molar-refractivity contribution in [3.8, 4) is 0 Å². The Kier molecular flexibility index (Phi) is 8.27. The topological polar surface area (TPSA) is 43.2 Å². The lowest BCUT2D eigenvalue weighted by molar-refractivity contribution is 0.236. The standard InChI is InChI=1S/C26H44N2O2S/c1-3-5-13-25(15-9-7-11-21(25)23-27-17-19-29-23)31-26(14-6-4-2)16-10-8-12-22(26)24-28-18-20-30-24/h21-22H,3-20H2,1-2H3. The summed E-state index contributed by atoms with van der Waals surface area (Å²) in [5, 5.41) is 0. The Labute approximate surface area is 194 Å². The van der Waals surface area contributed by atoms with Gasteiger partial charge < -0.3 is 9.47 Å². The van der Waals surface area contributed by atoms with E-state index in [4.69, 9.17) is 19.5 Å². The minimum Gasteiger partial charge on any atom is -0.479 e. The molecule has 0 aromatic rings. The molecule has 2 aliphatic carbocycles. The van der Waals surface area contributed by atoms with Crippen molar-refractivity contribution < 1.29 is 9.47 Å². The monoisotopic (exact) mass is 448 g/mol. The van der Waals surface area contributed by atoms with Crippen LogP contribution >= 0.6 is 11.8 Å². The summed E-state index contributed by atoms with van der Waals surface area (Å²) in [6.07, 6.45) is 18.2. The fourth-order valence-electron chi connectivity index (χ4n) is 6.54. The number of hydrogen-bond acceptors (Lipinski definition) is 5. The maximum atomic E-state index is 6.15. The Balaban J connectivity index is 1.69. The van der Waals surface area contributed by atoms with Gasteiger partial charge in [-0.3, -0.25) is 9.98 Å². The van der Waals surface area contributed by atoms with Crippen molar-refractivity contribution in [2.24, 2.45) is 21.8 Å². The van der Waals surface area contributed by atoms with Crippen molar-refractivity contribution in [1.82, 2.24) is 0 Å². The zero-order valence-electron chi connectivity index (χ0n) is 20.0. The molecule has 4 rings (SSSR count). The number of aliphatic imine (C=N–C) groups is 2. The first-order valence-corrected chi connectivity index (χ1v) is 14.1. The maximum Gasteiger partial charge on any atom is 0.187 e. The van der Waals surface area contributed by atoms with Gasteiger partial charge >= 0.3 is 0 Å². The summed E-state index contributed by atoms with van der Waals surface area (Å²) in [6.45, 7) is 7.97. The molecule has 4 atom stereocenters. The van der Waals surface area contributed by atoms with Gasteiger partial charge in [0.1, 0.15) is 13.2 Å². The van der Waals surface area contributed by atoms with Crippen molar-refractivity contribution in [3.63, 3.8) is 0 Å². The summed E-state index contributed by atoms with van der Waals surface area (Å²) >= 11 is 2.38. The van der Waals surface area contributed by atoms with Crippen molar-refractivity contribution in [3.05, 3.63) is 0 Å². The fraction of sp³-hybridized carbons (Fsp3) is 0.923. The van der Waals surface area contributed by atoms with Crippen LogP contribution in [0.25, 0.3) is 0 Å². The highest BCUT2D eigenvalue weighted by molar-refractivity contribution is 8.02. The Morgan fingerprint density at radius 2 is 1.26 bits per heavy atom. The SMILES string of the molecule is CCCCC1(SC2(CCCC)CCCCC2C2=NCCO2)CCCCC1C1=NCCO1. The molecule has 2 heterocycles. The molecule has 4 unspecified atom stereocenters. The van der Waals surface area contributed by atoms with Gasteiger partial charge in [-0.15, -0.1) is 11.8 Å². The molecule has 0 amide bonds. The van der Waals surface area contributed by atoms with E-state index < -0.39 is 0 Å². The molecule has 0 aromatic carbocycles. The first-order chi connectivity index (χ1) is 15.2. The number of unbranched alkanes of at least 4 members (excludes halogenated alkanes) is 2. The van der Waals surface area contributed by atoms with Crippen LogP contribution < -0.4 is 0 Å². The highest BCUT2D eigenvalue weighted by Gasteiger charge is 2.54. The first kappa shape index (κ1) is 23.4. The van der Waals surface area contributed by atoms with E-state index in [-0.39, 0.29) is 9.49 Å². The maximum absolute atomic E-state index is 6.15. The van der Waals surface area contributed by atoms with E-state index in [0.717, 1.165) is 38.1 Å². The number of hydrogen-bond donors (Lipinski definition) is 0. The average molecular weight is 449 g/mol. The quantitative estimate of drug-likeness (QED) is 0.368. The van der Waals surface area contributed by atoms with Gasteiger partial charge in [-0.1, -0.05) is 65.2 Å². The second kappa shape index (κ2) is 10.9. The molecule has 4 nitrogen and oxygen atoms in total. The predicted octanol–water partition coefficient (Wildman–Crippen LogP) is 6.82. The molecule has 0 N–H and O–H groups in total. The average Bonchev–Trinajstić information content (AvgIpc) is 3.51. The zero-order valence-corrected chi connectivity index (χ0v) is 20.8. The summed E-state index contributed by atoms with van der Waals surface area (Å²) in [5.74, 6) is 3.17. The van der Waals surface area contributed by atoms with E-state index in [2.05, 4.69) is 25.6 Å². The molecule has 2 fully saturated rings. The number of thioether (sulfide) groups is 1. The van der Waals surface area contributed by atoms with E-state index in [1.807, 2.05) is 0 Å². The Morgan fingerprint density at radius 3 is 1.65 bits per heavy atom. The van der Waals surface area contributed by atoms with Crippen LogP contribution in [0, 0.1) is 11.8 Å². The molecule has 4 aliphatic rings. The zero-order chi connectivity index (χ0) is 21.6. The summed E-state index contributed by atoms with van der Waals surface area (Å²) in [7, 11) is 0. The normalized spacial score (nSPS) is 35.9. The van der Waals surface area contributed by atoms with Gasteiger partial charge in [-0.2, -0.15) is 0 Å². The molecule has 5 heteroatoms. The van der Waals surface area contributed by atoms with Crippen LogP contribution in [-0.2, 0) is 9.47 Å². The minimum atomic E-state index is 0.264. The summed E-state index contributed by atoms with van der Waals surface area (Å²) < 4.78 is 12.8. The van der Waals surface area contributed by atoms with Crippen LogP contribution in [0.1, 0.15) is 104 Å². The lowest BCUT2D eigenvalue weighted by atomic mass is 9.74. The molecule has 0 bridgehead atoms. The summed E-state index contributed by atoms with van der Waals surface area (Å²) in [4.78, 5) is 9.74. The van der Waals surface area contributed by atoms with Gasteiger partial charge in [-0.25, -0.2) is 0 Å². The molecule has 0 radical (unpaired) electrons. The third kappa shape index (κ3) is 5.12. The van der Waals surface area contributed by atoms with Crippen LogP contribution in [0.15, 0.2) is 9.98 Å². The van der Waals surface area contributed by atoms with Crippen molar-refractivity contribution in [2.45, 2.75) is 113 Å². The molecule has 2 aliphatic heterocycles. The molecule has 0 spiro atoms. The second-order valence-corrected chi connectivity index (χ2v) is 12.0. The van der Waals surface area contributed by atoms with E-state index in [9.17, 15) is 0 Å². The highest BCUT2D eigenvalue weighted by Crippen LogP contribution is 2.59. The molecule has 31 heavy (non-hydrogen) atoms. The van der Waals surface area contributed by atoms with E-state index in [0.29, 0.717) is 11.8 Å². The van der Waals surface area contributed by atoms with Crippen LogP contribution in [0.5, 0.6) is 0 Å². The van der Waals surface area contributed by atoms with Crippen LogP contribution in [0.3, 0.4) is 0 Å². The van der Waals surface area contributed by atoms with Gasteiger partial charge in [0, 0.05) is 21.3 Å². The van der Waals surface area contributed by atoms with Gasteiger partial charge in [0.05, 0.1) is 13.1 Å².